The first-order chi connectivity index (χ1) is 13.5. The monoisotopic (exact) mass is 459 g/mol. The predicted octanol–water partition coefficient (Wildman–Crippen LogP) is 4.66. The molecule has 2 aromatic carbocycles. The second-order valence-corrected chi connectivity index (χ2v) is 7.61. The van der Waals surface area contributed by atoms with Crippen LogP contribution in [0.15, 0.2) is 59.2 Å². The normalized spacial score (nSPS) is 10.7. The summed E-state index contributed by atoms with van der Waals surface area (Å²) in [5.74, 6) is -0.477. The maximum absolute atomic E-state index is 12.8. The summed E-state index contributed by atoms with van der Waals surface area (Å²) in [7, 11) is 0. The molecule has 5 nitrogen and oxygen atoms in total. The van der Waals surface area contributed by atoms with Gasteiger partial charge in [-0.25, -0.2) is 0 Å². The fourth-order valence-electron chi connectivity index (χ4n) is 2.78. The standard InChI is InChI=1S/C21H19BrClN3O2/c1-14-19(22)13-26(25-14)12-4-11-24-21(28)18-6-3-2-5-17(18)20(27)15-7-9-16(23)10-8-15/h2-3,5-10,13H,4,11-12H2,1H3,(H,24,28). The molecule has 1 N–H and O–H groups in total. The van der Waals surface area contributed by atoms with Crippen LogP contribution in [-0.2, 0) is 6.54 Å². The van der Waals surface area contributed by atoms with E-state index < -0.39 is 0 Å². The Hall–Kier alpha value is -2.44. The summed E-state index contributed by atoms with van der Waals surface area (Å²) < 4.78 is 2.80. The molecular weight excluding hydrogens is 442 g/mol. The lowest BCUT2D eigenvalue weighted by Gasteiger charge is -2.10. The molecule has 3 aromatic rings. The zero-order chi connectivity index (χ0) is 20.1. The number of carbonyl (C=O) groups is 2. The van der Waals surface area contributed by atoms with Gasteiger partial charge in [-0.15, -0.1) is 0 Å². The van der Waals surface area contributed by atoms with Crippen molar-refractivity contribution in [2.45, 2.75) is 19.9 Å². The Kier molecular flexibility index (Phi) is 6.65. The van der Waals surface area contributed by atoms with Crippen LogP contribution in [0.3, 0.4) is 0 Å². The molecule has 0 radical (unpaired) electrons. The highest BCUT2D eigenvalue weighted by atomic mass is 79.9. The third-order valence-corrected chi connectivity index (χ3v) is 5.29. The number of nitrogens with one attached hydrogen (secondary N) is 1. The van der Waals surface area contributed by atoms with Gasteiger partial charge in [0.15, 0.2) is 5.78 Å². The fraction of sp³-hybridized carbons (Fsp3) is 0.190. The number of hydrogen-bond donors (Lipinski definition) is 1. The summed E-state index contributed by atoms with van der Waals surface area (Å²) in [5, 5.41) is 7.80. The summed E-state index contributed by atoms with van der Waals surface area (Å²) in [6, 6.07) is 13.4. The highest BCUT2D eigenvalue weighted by molar-refractivity contribution is 9.10. The van der Waals surface area contributed by atoms with Gasteiger partial charge in [0.2, 0.25) is 0 Å². The molecule has 0 fully saturated rings. The van der Waals surface area contributed by atoms with E-state index in [1.165, 1.54) is 0 Å². The molecule has 0 aliphatic heterocycles. The summed E-state index contributed by atoms with van der Waals surface area (Å²) in [4.78, 5) is 25.4. The van der Waals surface area contributed by atoms with Gasteiger partial charge < -0.3 is 5.32 Å². The number of amides is 1. The highest BCUT2D eigenvalue weighted by Gasteiger charge is 2.17. The van der Waals surface area contributed by atoms with Crippen molar-refractivity contribution >= 4 is 39.2 Å². The van der Waals surface area contributed by atoms with E-state index in [4.69, 9.17) is 11.6 Å². The molecule has 1 aromatic heterocycles. The maximum atomic E-state index is 12.8. The Labute approximate surface area is 176 Å². The van der Waals surface area contributed by atoms with Gasteiger partial charge in [0.05, 0.1) is 15.7 Å². The molecule has 7 heteroatoms. The predicted molar refractivity (Wildman–Crippen MR) is 113 cm³/mol. The van der Waals surface area contributed by atoms with Gasteiger partial charge in [-0.3, -0.25) is 14.3 Å². The van der Waals surface area contributed by atoms with Crippen LogP contribution in [0.4, 0.5) is 0 Å². The molecule has 0 saturated heterocycles. The largest absolute Gasteiger partial charge is 0.352 e. The first kappa shape index (κ1) is 20.3. The maximum Gasteiger partial charge on any atom is 0.252 e. The van der Waals surface area contributed by atoms with Gasteiger partial charge in [0.25, 0.3) is 5.91 Å². The van der Waals surface area contributed by atoms with Crippen molar-refractivity contribution in [1.29, 1.82) is 0 Å². The van der Waals surface area contributed by atoms with E-state index in [2.05, 4.69) is 26.3 Å². The second kappa shape index (κ2) is 9.17. The van der Waals surface area contributed by atoms with E-state index in [1.807, 2.05) is 17.8 Å². The summed E-state index contributed by atoms with van der Waals surface area (Å²) >= 11 is 9.32. The quantitative estimate of drug-likeness (QED) is 0.412. The Morgan fingerprint density at radius 3 is 2.43 bits per heavy atom. The van der Waals surface area contributed by atoms with Crippen molar-refractivity contribution in [2.24, 2.45) is 0 Å². The van der Waals surface area contributed by atoms with Gasteiger partial charge in [0.1, 0.15) is 0 Å². The number of carbonyl (C=O) groups excluding carboxylic acids is 2. The number of aromatic nitrogens is 2. The molecule has 0 aliphatic carbocycles. The summed E-state index contributed by atoms with van der Waals surface area (Å²) in [6.45, 7) is 3.11. The third kappa shape index (κ3) is 4.88. The van der Waals surface area contributed by atoms with Crippen molar-refractivity contribution in [3.05, 3.63) is 86.6 Å². The van der Waals surface area contributed by atoms with Crippen LogP contribution >= 0.6 is 27.5 Å². The first-order valence-corrected chi connectivity index (χ1v) is 10.00. The number of aryl methyl sites for hydroxylation is 2. The van der Waals surface area contributed by atoms with Crippen LogP contribution in [-0.4, -0.2) is 28.0 Å². The number of ketones is 1. The van der Waals surface area contributed by atoms with Crippen molar-refractivity contribution in [2.75, 3.05) is 6.54 Å². The number of rotatable bonds is 7. The molecule has 0 saturated carbocycles. The first-order valence-electron chi connectivity index (χ1n) is 8.83. The molecular formula is C21H19BrClN3O2. The van der Waals surface area contributed by atoms with Crippen molar-refractivity contribution in [3.8, 4) is 0 Å². The molecule has 0 unspecified atom stereocenters. The lowest BCUT2D eigenvalue weighted by atomic mass is 9.98. The Morgan fingerprint density at radius 1 is 1.11 bits per heavy atom. The average molecular weight is 461 g/mol. The topological polar surface area (TPSA) is 64.0 Å². The lowest BCUT2D eigenvalue weighted by Crippen LogP contribution is -2.27. The van der Waals surface area contributed by atoms with Crippen LogP contribution in [0.2, 0.25) is 5.02 Å². The molecule has 0 bridgehead atoms. The van der Waals surface area contributed by atoms with Crippen LogP contribution in [0.25, 0.3) is 0 Å². The smallest absolute Gasteiger partial charge is 0.252 e. The average Bonchev–Trinajstić information content (AvgIpc) is 3.02. The van der Waals surface area contributed by atoms with Crippen molar-refractivity contribution in [3.63, 3.8) is 0 Å². The molecule has 28 heavy (non-hydrogen) atoms. The highest BCUT2D eigenvalue weighted by Crippen LogP contribution is 2.17. The second-order valence-electron chi connectivity index (χ2n) is 6.32. The van der Waals surface area contributed by atoms with E-state index in [-0.39, 0.29) is 11.7 Å². The number of nitrogens with zero attached hydrogens (tertiary/aromatic N) is 2. The molecule has 0 atom stereocenters. The van der Waals surface area contributed by atoms with E-state index in [1.54, 1.807) is 48.5 Å². The minimum Gasteiger partial charge on any atom is -0.352 e. The lowest BCUT2D eigenvalue weighted by molar-refractivity contribution is 0.0941. The van der Waals surface area contributed by atoms with Crippen molar-refractivity contribution in [1.82, 2.24) is 15.1 Å². The van der Waals surface area contributed by atoms with E-state index >= 15 is 0 Å². The van der Waals surface area contributed by atoms with Crippen molar-refractivity contribution < 1.29 is 9.59 Å². The Balaban J connectivity index is 1.63. The number of hydrogen-bond acceptors (Lipinski definition) is 3. The zero-order valence-corrected chi connectivity index (χ0v) is 17.6. The molecule has 0 spiro atoms. The van der Waals surface area contributed by atoms with E-state index in [0.29, 0.717) is 34.8 Å². The molecule has 0 aliphatic rings. The van der Waals surface area contributed by atoms with E-state index in [9.17, 15) is 9.59 Å². The summed E-state index contributed by atoms with van der Waals surface area (Å²) in [6.07, 6.45) is 2.64. The zero-order valence-electron chi connectivity index (χ0n) is 15.3. The van der Waals surface area contributed by atoms with E-state index in [0.717, 1.165) is 16.6 Å². The Morgan fingerprint density at radius 2 is 1.79 bits per heavy atom. The van der Waals surface area contributed by atoms with Crippen LogP contribution in [0.5, 0.6) is 0 Å². The number of benzene rings is 2. The SMILES string of the molecule is Cc1nn(CCCNC(=O)c2ccccc2C(=O)c2ccc(Cl)cc2)cc1Br. The van der Waals surface area contributed by atoms with Gasteiger partial charge >= 0.3 is 0 Å². The van der Waals surface area contributed by atoms with Gasteiger partial charge in [-0.05, 0) is 59.6 Å². The third-order valence-electron chi connectivity index (χ3n) is 4.26. The number of halogens is 2. The Bertz CT molecular complexity index is 980. The summed E-state index contributed by atoms with van der Waals surface area (Å²) in [5.41, 5.74) is 2.15. The van der Waals surface area contributed by atoms with Crippen LogP contribution in [0.1, 0.15) is 38.4 Å². The van der Waals surface area contributed by atoms with Gasteiger partial charge in [-0.1, -0.05) is 29.8 Å². The fourth-order valence-corrected chi connectivity index (χ4v) is 3.22. The van der Waals surface area contributed by atoms with Gasteiger partial charge in [-0.2, -0.15) is 5.10 Å². The molecule has 1 amide bonds. The molecule has 1 heterocycles. The minimum atomic E-state index is -0.268. The van der Waals surface area contributed by atoms with Crippen LogP contribution in [0, 0.1) is 6.92 Å². The molecule has 3 rings (SSSR count). The van der Waals surface area contributed by atoms with Crippen LogP contribution < -0.4 is 5.32 Å². The minimum absolute atomic E-state index is 0.209. The molecule has 144 valence electrons. The van der Waals surface area contributed by atoms with Gasteiger partial charge in [0, 0.05) is 35.4 Å².